The SMILES string of the molecule is CCn1nnnc1NC(=O)c1ccc(OC(F)(F)C(F)F)c(SC)c1Cl. The number of alkyl halides is 4. The number of hydrogen-bond acceptors (Lipinski definition) is 6. The molecule has 1 amide bonds. The molecule has 1 aromatic heterocycles. The van der Waals surface area contributed by atoms with Crippen molar-refractivity contribution in [3.63, 3.8) is 0 Å². The fraction of sp³-hybridized carbons (Fsp3) is 0.385. The first-order valence-electron chi connectivity index (χ1n) is 7.00. The van der Waals surface area contributed by atoms with E-state index in [9.17, 15) is 22.4 Å². The van der Waals surface area contributed by atoms with E-state index in [1.54, 1.807) is 6.92 Å². The average Bonchev–Trinajstić information content (AvgIpc) is 3.01. The van der Waals surface area contributed by atoms with Gasteiger partial charge in [0.15, 0.2) is 0 Å². The smallest absolute Gasteiger partial charge is 0.427 e. The molecular formula is C13H12ClF4N5O2S. The third kappa shape index (κ3) is 4.18. The number of ether oxygens (including phenoxy) is 1. The van der Waals surface area contributed by atoms with E-state index in [4.69, 9.17) is 11.6 Å². The van der Waals surface area contributed by atoms with Crippen LogP contribution < -0.4 is 10.1 Å². The van der Waals surface area contributed by atoms with E-state index in [1.807, 2.05) is 0 Å². The molecule has 0 atom stereocenters. The molecule has 1 aromatic carbocycles. The Morgan fingerprint density at radius 3 is 2.73 bits per heavy atom. The monoisotopic (exact) mass is 413 g/mol. The van der Waals surface area contributed by atoms with Crippen molar-refractivity contribution in [3.8, 4) is 5.75 Å². The Labute approximate surface area is 154 Å². The molecule has 1 N–H and O–H groups in total. The van der Waals surface area contributed by atoms with Crippen molar-refractivity contribution in [2.24, 2.45) is 0 Å². The van der Waals surface area contributed by atoms with Gasteiger partial charge in [0.1, 0.15) is 5.75 Å². The molecular weight excluding hydrogens is 402 g/mol. The number of nitrogens with zero attached hydrogens (tertiary/aromatic N) is 4. The molecule has 0 fully saturated rings. The van der Waals surface area contributed by atoms with E-state index in [-0.39, 0.29) is 21.4 Å². The van der Waals surface area contributed by atoms with Gasteiger partial charge in [0.2, 0.25) is 5.95 Å². The minimum atomic E-state index is -4.69. The van der Waals surface area contributed by atoms with E-state index in [0.717, 1.165) is 23.9 Å². The molecule has 0 aliphatic heterocycles. The Hall–Kier alpha value is -2.08. The average molecular weight is 414 g/mol. The van der Waals surface area contributed by atoms with Gasteiger partial charge < -0.3 is 4.74 Å². The van der Waals surface area contributed by atoms with Crippen LogP contribution in [0.25, 0.3) is 0 Å². The summed E-state index contributed by atoms with van der Waals surface area (Å²) in [5.74, 6) is -1.21. The molecule has 26 heavy (non-hydrogen) atoms. The van der Waals surface area contributed by atoms with Crippen molar-refractivity contribution < 1.29 is 27.1 Å². The second-order valence-electron chi connectivity index (χ2n) is 4.70. The summed E-state index contributed by atoms with van der Waals surface area (Å²) < 4.78 is 56.3. The van der Waals surface area contributed by atoms with Gasteiger partial charge in [-0.05, 0) is 35.7 Å². The Balaban J connectivity index is 2.32. The van der Waals surface area contributed by atoms with E-state index in [0.29, 0.717) is 6.54 Å². The standard InChI is InChI=1S/C13H12ClF4N5O2S/c1-3-23-12(20-21-22-23)19-10(24)6-4-5-7(9(26-2)8(6)14)25-13(17,18)11(15)16/h4-5,11H,3H2,1-2H3,(H,19,20,22,24). The maximum Gasteiger partial charge on any atom is 0.461 e. The predicted molar refractivity (Wildman–Crippen MR) is 86.3 cm³/mol. The van der Waals surface area contributed by atoms with Crippen LogP contribution in [0, 0.1) is 0 Å². The molecule has 0 saturated carbocycles. The molecule has 0 aliphatic carbocycles. The lowest BCUT2D eigenvalue weighted by Gasteiger charge is -2.20. The number of carbonyl (C=O) groups is 1. The first-order chi connectivity index (χ1) is 12.2. The summed E-state index contributed by atoms with van der Waals surface area (Å²) in [4.78, 5) is 12.3. The summed E-state index contributed by atoms with van der Waals surface area (Å²) in [5, 5.41) is 12.9. The highest BCUT2D eigenvalue weighted by Crippen LogP contribution is 2.40. The molecule has 0 unspecified atom stereocenters. The maximum absolute atomic E-state index is 13.1. The van der Waals surface area contributed by atoms with Gasteiger partial charge in [0.05, 0.1) is 15.5 Å². The van der Waals surface area contributed by atoms with Gasteiger partial charge in [-0.3, -0.25) is 10.1 Å². The zero-order chi connectivity index (χ0) is 19.5. The van der Waals surface area contributed by atoms with Crippen LogP contribution in [0.2, 0.25) is 5.02 Å². The molecule has 2 rings (SSSR count). The molecule has 0 aliphatic rings. The van der Waals surface area contributed by atoms with Crippen LogP contribution in [-0.4, -0.2) is 44.9 Å². The molecule has 2 aromatic rings. The van der Waals surface area contributed by atoms with Crippen molar-refractivity contribution in [2.45, 2.75) is 30.9 Å². The quantitative estimate of drug-likeness (QED) is 0.552. The van der Waals surface area contributed by atoms with Gasteiger partial charge >= 0.3 is 12.5 Å². The number of benzene rings is 1. The summed E-state index contributed by atoms with van der Waals surface area (Å²) >= 11 is 6.94. The number of anilines is 1. The summed E-state index contributed by atoms with van der Waals surface area (Å²) in [6.07, 6.45) is -7.25. The highest BCUT2D eigenvalue weighted by atomic mass is 35.5. The number of rotatable bonds is 7. The number of nitrogens with one attached hydrogen (secondary N) is 1. The first-order valence-corrected chi connectivity index (χ1v) is 8.60. The zero-order valence-electron chi connectivity index (χ0n) is 13.3. The highest BCUT2D eigenvalue weighted by Gasteiger charge is 2.44. The molecule has 0 radical (unpaired) electrons. The summed E-state index contributed by atoms with van der Waals surface area (Å²) in [6, 6.07) is 2.04. The number of hydrogen-bond donors (Lipinski definition) is 1. The van der Waals surface area contributed by atoms with Gasteiger partial charge in [0, 0.05) is 6.54 Å². The van der Waals surface area contributed by atoms with Crippen molar-refractivity contribution in [2.75, 3.05) is 11.6 Å². The molecule has 0 bridgehead atoms. The van der Waals surface area contributed by atoms with Gasteiger partial charge in [-0.1, -0.05) is 16.7 Å². The lowest BCUT2D eigenvalue weighted by Crippen LogP contribution is -2.33. The molecule has 0 saturated heterocycles. The molecule has 0 spiro atoms. The van der Waals surface area contributed by atoms with Crippen LogP contribution in [-0.2, 0) is 6.54 Å². The normalized spacial score (nSPS) is 11.7. The Morgan fingerprint density at radius 2 is 2.15 bits per heavy atom. The van der Waals surface area contributed by atoms with Crippen LogP contribution in [0.1, 0.15) is 17.3 Å². The second kappa shape index (κ2) is 8.08. The Morgan fingerprint density at radius 1 is 1.46 bits per heavy atom. The van der Waals surface area contributed by atoms with E-state index in [2.05, 4.69) is 25.6 Å². The topological polar surface area (TPSA) is 81.9 Å². The second-order valence-corrected chi connectivity index (χ2v) is 5.89. The number of amides is 1. The number of carbonyl (C=O) groups excluding carboxylic acids is 1. The third-order valence-electron chi connectivity index (χ3n) is 3.07. The Bertz CT molecular complexity index is 805. The predicted octanol–water partition coefficient (Wildman–Crippen LogP) is 3.56. The van der Waals surface area contributed by atoms with Crippen LogP contribution >= 0.6 is 23.4 Å². The number of thioether (sulfide) groups is 1. The number of tetrazole rings is 1. The largest absolute Gasteiger partial charge is 0.461 e. The summed E-state index contributed by atoms with van der Waals surface area (Å²) in [7, 11) is 0. The lowest BCUT2D eigenvalue weighted by molar-refractivity contribution is -0.254. The first kappa shape index (κ1) is 20.2. The van der Waals surface area contributed by atoms with Gasteiger partial charge in [0.25, 0.3) is 5.91 Å². The fourth-order valence-electron chi connectivity index (χ4n) is 1.85. The van der Waals surface area contributed by atoms with Crippen LogP contribution in [0.4, 0.5) is 23.5 Å². The van der Waals surface area contributed by atoms with Crippen LogP contribution in [0.3, 0.4) is 0 Å². The highest BCUT2D eigenvalue weighted by molar-refractivity contribution is 7.98. The van der Waals surface area contributed by atoms with Crippen LogP contribution in [0.5, 0.6) is 5.75 Å². The lowest BCUT2D eigenvalue weighted by atomic mass is 10.2. The van der Waals surface area contributed by atoms with Gasteiger partial charge in [-0.15, -0.1) is 11.8 Å². The van der Waals surface area contributed by atoms with Crippen molar-refractivity contribution in [3.05, 3.63) is 22.7 Å². The minimum absolute atomic E-state index is 0.0591. The zero-order valence-corrected chi connectivity index (χ0v) is 14.9. The Kier molecular flexibility index (Phi) is 6.29. The fourth-order valence-corrected chi connectivity index (χ4v) is 2.92. The van der Waals surface area contributed by atoms with Crippen molar-refractivity contribution in [1.29, 1.82) is 0 Å². The third-order valence-corrected chi connectivity index (χ3v) is 4.38. The number of halogens is 5. The van der Waals surface area contributed by atoms with Gasteiger partial charge in [-0.25, -0.2) is 4.68 Å². The minimum Gasteiger partial charge on any atom is -0.427 e. The van der Waals surface area contributed by atoms with E-state index in [1.165, 1.54) is 10.9 Å². The molecule has 7 nitrogen and oxygen atoms in total. The number of aryl methyl sites for hydroxylation is 1. The molecule has 13 heteroatoms. The summed E-state index contributed by atoms with van der Waals surface area (Å²) in [6.45, 7) is 2.14. The van der Waals surface area contributed by atoms with Gasteiger partial charge in [-0.2, -0.15) is 17.6 Å². The van der Waals surface area contributed by atoms with Crippen molar-refractivity contribution in [1.82, 2.24) is 20.2 Å². The summed E-state index contributed by atoms with van der Waals surface area (Å²) in [5.41, 5.74) is -0.0885. The van der Waals surface area contributed by atoms with E-state index >= 15 is 0 Å². The van der Waals surface area contributed by atoms with E-state index < -0.39 is 24.2 Å². The molecule has 1 heterocycles. The molecule has 142 valence electrons. The van der Waals surface area contributed by atoms with Crippen LogP contribution in [0.15, 0.2) is 17.0 Å². The number of aromatic nitrogens is 4. The van der Waals surface area contributed by atoms with Crippen molar-refractivity contribution >= 4 is 35.2 Å². The maximum atomic E-state index is 13.1.